The highest BCUT2D eigenvalue weighted by atomic mass is 15.0. The summed E-state index contributed by atoms with van der Waals surface area (Å²) in [7, 11) is 0. The van der Waals surface area contributed by atoms with Crippen molar-refractivity contribution >= 4 is 5.82 Å². The van der Waals surface area contributed by atoms with Crippen LogP contribution in [-0.2, 0) is 0 Å². The molecule has 2 N–H and O–H groups in total. The molecule has 2 heterocycles. The fourth-order valence-corrected chi connectivity index (χ4v) is 1.95. The van der Waals surface area contributed by atoms with Gasteiger partial charge in [-0.2, -0.15) is 5.26 Å². The lowest BCUT2D eigenvalue weighted by atomic mass is 10.1. The highest BCUT2D eigenvalue weighted by Gasteiger charge is 2.11. The summed E-state index contributed by atoms with van der Waals surface area (Å²) in [6.45, 7) is 2.15. The molecule has 1 aromatic rings. The molecule has 16 heavy (non-hydrogen) atoms. The highest BCUT2D eigenvalue weighted by Crippen LogP contribution is 2.12. The number of hydrogen-bond donors (Lipinski definition) is 2. The van der Waals surface area contributed by atoms with Crippen LogP contribution in [-0.4, -0.2) is 24.1 Å². The zero-order valence-corrected chi connectivity index (χ0v) is 9.24. The van der Waals surface area contributed by atoms with Crippen LogP contribution >= 0.6 is 0 Å². The summed E-state index contributed by atoms with van der Waals surface area (Å²) in [5.74, 6) is 0.811. The van der Waals surface area contributed by atoms with Crippen molar-refractivity contribution in [3.8, 4) is 6.07 Å². The maximum Gasteiger partial charge on any atom is 0.142 e. The Hall–Kier alpha value is -1.60. The van der Waals surface area contributed by atoms with Crippen LogP contribution < -0.4 is 10.6 Å². The topological polar surface area (TPSA) is 60.7 Å². The molecule has 84 valence electrons. The van der Waals surface area contributed by atoms with E-state index in [-0.39, 0.29) is 0 Å². The number of nitriles is 1. The molecule has 1 aliphatic heterocycles. The highest BCUT2D eigenvalue weighted by molar-refractivity contribution is 5.39. The van der Waals surface area contributed by atoms with Crippen molar-refractivity contribution in [1.82, 2.24) is 10.3 Å². The van der Waals surface area contributed by atoms with E-state index >= 15 is 0 Å². The van der Waals surface area contributed by atoms with Crippen LogP contribution in [0, 0.1) is 11.3 Å². The fraction of sp³-hybridized carbons (Fsp3) is 0.500. The van der Waals surface area contributed by atoms with Crippen LogP contribution in [0.3, 0.4) is 0 Å². The second-order valence-corrected chi connectivity index (χ2v) is 4.04. The van der Waals surface area contributed by atoms with Gasteiger partial charge in [0.2, 0.25) is 0 Å². The minimum atomic E-state index is 0.469. The predicted octanol–water partition coefficient (Wildman–Crippen LogP) is 1.51. The minimum absolute atomic E-state index is 0.469. The molecule has 0 spiro atoms. The first-order valence-electron chi connectivity index (χ1n) is 5.73. The fourth-order valence-electron chi connectivity index (χ4n) is 1.95. The molecule has 2 rings (SSSR count). The SMILES string of the molecule is N#Cc1cccc(NC2CCCNCC2)n1. The van der Waals surface area contributed by atoms with Gasteiger partial charge in [0.1, 0.15) is 17.6 Å². The molecule has 0 saturated carbocycles. The molecule has 0 amide bonds. The molecule has 1 unspecified atom stereocenters. The molecular weight excluding hydrogens is 200 g/mol. The van der Waals surface area contributed by atoms with E-state index in [0.29, 0.717) is 11.7 Å². The van der Waals surface area contributed by atoms with E-state index in [9.17, 15) is 0 Å². The van der Waals surface area contributed by atoms with E-state index in [1.54, 1.807) is 6.07 Å². The van der Waals surface area contributed by atoms with Crippen LogP contribution in [0.25, 0.3) is 0 Å². The second kappa shape index (κ2) is 5.47. The molecule has 4 nitrogen and oxygen atoms in total. The van der Waals surface area contributed by atoms with Gasteiger partial charge in [0.25, 0.3) is 0 Å². The van der Waals surface area contributed by atoms with Crippen molar-refractivity contribution in [3.05, 3.63) is 23.9 Å². The zero-order chi connectivity index (χ0) is 11.2. The normalized spacial score (nSPS) is 20.8. The molecule has 4 heteroatoms. The molecule has 1 aliphatic rings. The number of anilines is 1. The van der Waals surface area contributed by atoms with Crippen LogP contribution in [0.2, 0.25) is 0 Å². The quantitative estimate of drug-likeness (QED) is 0.786. The van der Waals surface area contributed by atoms with Crippen molar-refractivity contribution in [2.75, 3.05) is 18.4 Å². The van der Waals surface area contributed by atoms with Gasteiger partial charge in [0.15, 0.2) is 0 Å². The Morgan fingerprint density at radius 1 is 1.38 bits per heavy atom. The lowest BCUT2D eigenvalue weighted by molar-refractivity contribution is 0.635. The monoisotopic (exact) mass is 216 g/mol. The minimum Gasteiger partial charge on any atom is -0.367 e. The number of aromatic nitrogens is 1. The van der Waals surface area contributed by atoms with E-state index in [1.165, 1.54) is 6.42 Å². The molecule has 1 atom stereocenters. The van der Waals surface area contributed by atoms with Gasteiger partial charge in [-0.25, -0.2) is 4.98 Å². The average Bonchev–Trinajstić information content (AvgIpc) is 2.58. The number of nitrogens with zero attached hydrogens (tertiary/aromatic N) is 2. The van der Waals surface area contributed by atoms with Gasteiger partial charge in [-0.3, -0.25) is 0 Å². The second-order valence-electron chi connectivity index (χ2n) is 4.04. The summed E-state index contributed by atoms with van der Waals surface area (Å²) >= 11 is 0. The summed E-state index contributed by atoms with van der Waals surface area (Å²) in [6, 6.07) is 8.02. The number of hydrogen-bond acceptors (Lipinski definition) is 4. The van der Waals surface area contributed by atoms with Crippen LogP contribution in [0.4, 0.5) is 5.82 Å². The molecule has 0 bridgehead atoms. The largest absolute Gasteiger partial charge is 0.367 e. The molecule has 0 aliphatic carbocycles. The van der Waals surface area contributed by atoms with Crippen molar-refractivity contribution < 1.29 is 0 Å². The van der Waals surface area contributed by atoms with Gasteiger partial charge in [0.05, 0.1) is 0 Å². The Kier molecular flexibility index (Phi) is 3.73. The van der Waals surface area contributed by atoms with Gasteiger partial charge in [-0.15, -0.1) is 0 Å². The van der Waals surface area contributed by atoms with Crippen LogP contribution in [0.15, 0.2) is 18.2 Å². The van der Waals surface area contributed by atoms with Gasteiger partial charge in [-0.1, -0.05) is 6.07 Å². The summed E-state index contributed by atoms with van der Waals surface area (Å²) in [4.78, 5) is 4.22. The maximum absolute atomic E-state index is 8.76. The van der Waals surface area contributed by atoms with Gasteiger partial charge >= 0.3 is 0 Å². The van der Waals surface area contributed by atoms with Crippen LogP contribution in [0.1, 0.15) is 25.0 Å². The van der Waals surface area contributed by atoms with E-state index in [4.69, 9.17) is 5.26 Å². The maximum atomic E-state index is 8.76. The molecule has 1 aromatic heterocycles. The van der Waals surface area contributed by atoms with E-state index in [1.807, 2.05) is 12.1 Å². The lowest BCUT2D eigenvalue weighted by Crippen LogP contribution is -2.22. The van der Waals surface area contributed by atoms with Gasteiger partial charge in [0, 0.05) is 6.04 Å². The lowest BCUT2D eigenvalue weighted by Gasteiger charge is -2.16. The Labute approximate surface area is 95.7 Å². The molecule has 0 aromatic carbocycles. The molecule has 0 radical (unpaired) electrons. The molecule has 1 saturated heterocycles. The Bertz CT molecular complexity index is 375. The van der Waals surface area contributed by atoms with E-state index < -0.39 is 0 Å². The van der Waals surface area contributed by atoms with E-state index in [0.717, 1.165) is 31.7 Å². The first-order chi connectivity index (χ1) is 7.88. The Morgan fingerprint density at radius 3 is 3.19 bits per heavy atom. The molecule has 1 fully saturated rings. The standard InChI is InChI=1S/C12H16N4/c13-9-11-3-1-5-12(16-11)15-10-4-2-7-14-8-6-10/h1,3,5,10,14H,2,4,6-8H2,(H,15,16). The van der Waals surface area contributed by atoms with Crippen molar-refractivity contribution in [1.29, 1.82) is 5.26 Å². The van der Waals surface area contributed by atoms with Gasteiger partial charge in [-0.05, 0) is 44.5 Å². The Balaban J connectivity index is 1.99. The van der Waals surface area contributed by atoms with Crippen molar-refractivity contribution in [2.45, 2.75) is 25.3 Å². The van der Waals surface area contributed by atoms with Crippen molar-refractivity contribution in [3.63, 3.8) is 0 Å². The summed E-state index contributed by atoms with van der Waals surface area (Å²) in [5, 5.41) is 15.5. The summed E-state index contributed by atoms with van der Waals surface area (Å²) in [6.07, 6.45) is 3.46. The first kappa shape index (κ1) is 10.9. The Morgan fingerprint density at radius 2 is 2.31 bits per heavy atom. The summed E-state index contributed by atoms with van der Waals surface area (Å²) < 4.78 is 0. The molecular formula is C12H16N4. The van der Waals surface area contributed by atoms with Gasteiger partial charge < -0.3 is 10.6 Å². The average molecular weight is 216 g/mol. The van der Waals surface area contributed by atoms with Crippen molar-refractivity contribution in [2.24, 2.45) is 0 Å². The third-order valence-electron chi connectivity index (χ3n) is 2.79. The third-order valence-corrected chi connectivity index (χ3v) is 2.79. The smallest absolute Gasteiger partial charge is 0.142 e. The number of nitrogens with one attached hydrogen (secondary N) is 2. The number of pyridine rings is 1. The first-order valence-corrected chi connectivity index (χ1v) is 5.73. The predicted molar refractivity (Wildman–Crippen MR) is 63.1 cm³/mol. The third kappa shape index (κ3) is 2.94. The summed E-state index contributed by atoms with van der Waals surface area (Å²) in [5.41, 5.74) is 0.469. The van der Waals surface area contributed by atoms with E-state index in [2.05, 4.69) is 21.7 Å². The van der Waals surface area contributed by atoms with Crippen LogP contribution in [0.5, 0.6) is 0 Å². The zero-order valence-electron chi connectivity index (χ0n) is 9.24. The number of rotatable bonds is 2.